The second-order valence-corrected chi connectivity index (χ2v) is 6.41. The Morgan fingerprint density at radius 1 is 1.33 bits per heavy atom. The summed E-state index contributed by atoms with van der Waals surface area (Å²) in [4.78, 5) is 14.8. The van der Waals surface area contributed by atoms with Gasteiger partial charge < -0.3 is 20.1 Å². The van der Waals surface area contributed by atoms with Gasteiger partial charge in [0, 0.05) is 13.1 Å². The number of hydrogen-bond acceptors (Lipinski definition) is 6. The zero-order valence-electron chi connectivity index (χ0n) is 13.0. The fourth-order valence-electron chi connectivity index (χ4n) is 2.42. The number of thiophene rings is 1. The highest BCUT2D eigenvalue weighted by atomic mass is 32.1. The molecule has 118 valence electrons. The third-order valence-electron chi connectivity index (χ3n) is 3.34. The van der Waals surface area contributed by atoms with Crippen LogP contribution in [0.2, 0.25) is 0 Å². The lowest BCUT2D eigenvalue weighted by molar-refractivity contribution is 0.0533. The van der Waals surface area contributed by atoms with Crippen LogP contribution in [-0.4, -0.2) is 31.8 Å². The Hall–Kier alpha value is -1.43. The van der Waals surface area contributed by atoms with Gasteiger partial charge in [0.05, 0.1) is 12.7 Å². The number of hydrogen-bond donors (Lipinski definition) is 1. The van der Waals surface area contributed by atoms with Gasteiger partial charge in [0.1, 0.15) is 15.6 Å². The lowest BCUT2D eigenvalue weighted by atomic mass is 10.1. The first-order valence-electron chi connectivity index (χ1n) is 7.55. The molecule has 0 saturated carbocycles. The molecule has 0 radical (unpaired) electrons. The molecule has 1 saturated heterocycles. The third-order valence-corrected chi connectivity index (χ3v) is 4.57. The molecule has 0 aliphatic carbocycles. The van der Waals surface area contributed by atoms with E-state index in [1.54, 1.807) is 6.92 Å². The van der Waals surface area contributed by atoms with Crippen LogP contribution in [0.5, 0.6) is 5.75 Å². The van der Waals surface area contributed by atoms with Crippen molar-refractivity contribution in [3.05, 3.63) is 4.88 Å². The fourth-order valence-corrected chi connectivity index (χ4v) is 3.52. The molecule has 0 bridgehead atoms. The van der Waals surface area contributed by atoms with Crippen LogP contribution in [0, 0.1) is 0 Å². The number of anilines is 2. The summed E-state index contributed by atoms with van der Waals surface area (Å²) < 4.78 is 11.0. The number of esters is 1. The molecule has 5 nitrogen and oxygen atoms in total. The molecule has 0 aromatic carbocycles. The molecular formula is C15H24N2O3S. The molecule has 0 amide bonds. The predicted octanol–water partition coefficient (Wildman–Crippen LogP) is 3.28. The monoisotopic (exact) mass is 312 g/mol. The van der Waals surface area contributed by atoms with Gasteiger partial charge in [0.15, 0.2) is 5.75 Å². The largest absolute Gasteiger partial charge is 0.486 e. The molecule has 2 N–H and O–H groups in total. The van der Waals surface area contributed by atoms with Gasteiger partial charge in [0.2, 0.25) is 0 Å². The zero-order chi connectivity index (χ0) is 15.4. The average molecular weight is 312 g/mol. The van der Waals surface area contributed by atoms with Crippen molar-refractivity contribution in [2.45, 2.75) is 46.1 Å². The standard InChI is InChI=1S/C15H24N2O3S/c1-4-19-15(18)13-11(16)12(20-10(2)3)14(21-13)17-8-6-5-7-9-17/h10H,4-9,16H2,1-3H3. The van der Waals surface area contributed by atoms with Gasteiger partial charge in [-0.3, -0.25) is 0 Å². The average Bonchev–Trinajstić information content (AvgIpc) is 2.77. The van der Waals surface area contributed by atoms with Crippen LogP contribution in [0.1, 0.15) is 49.7 Å². The smallest absolute Gasteiger partial charge is 0.350 e. The van der Waals surface area contributed by atoms with E-state index in [0.29, 0.717) is 22.9 Å². The molecule has 2 heterocycles. The van der Waals surface area contributed by atoms with E-state index in [1.165, 1.54) is 17.8 Å². The van der Waals surface area contributed by atoms with Crippen LogP contribution in [-0.2, 0) is 4.74 Å². The minimum atomic E-state index is -0.364. The maximum atomic E-state index is 12.0. The maximum absolute atomic E-state index is 12.0. The Kier molecular flexibility index (Phi) is 5.33. The topological polar surface area (TPSA) is 64.8 Å². The minimum Gasteiger partial charge on any atom is -0.486 e. The van der Waals surface area contributed by atoms with E-state index in [-0.39, 0.29) is 12.1 Å². The van der Waals surface area contributed by atoms with Crippen molar-refractivity contribution in [1.29, 1.82) is 0 Å². The zero-order valence-corrected chi connectivity index (χ0v) is 13.8. The summed E-state index contributed by atoms with van der Waals surface area (Å²) in [6.45, 7) is 8.02. The van der Waals surface area contributed by atoms with E-state index < -0.39 is 0 Å². The summed E-state index contributed by atoms with van der Waals surface area (Å²) in [5, 5.41) is 0.962. The van der Waals surface area contributed by atoms with Crippen molar-refractivity contribution in [3.63, 3.8) is 0 Å². The molecule has 21 heavy (non-hydrogen) atoms. The minimum absolute atomic E-state index is 0.0143. The van der Waals surface area contributed by atoms with Crippen LogP contribution in [0.4, 0.5) is 10.7 Å². The molecule has 1 aliphatic heterocycles. The van der Waals surface area contributed by atoms with Gasteiger partial charge in [-0.25, -0.2) is 4.79 Å². The molecule has 6 heteroatoms. The summed E-state index contributed by atoms with van der Waals surface area (Å²) in [6.07, 6.45) is 3.59. The summed E-state index contributed by atoms with van der Waals surface area (Å²) in [5.41, 5.74) is 6.56. The van der Waals surface area contributed by atoms with Crippen molar-refractivity contribution < 1.29 is 14.3 Å². The number of carbonyl (C=O) groups excluding carboxylic acids is 1. The molecule has 1 aliphatic rings. The Balaban J connectivity index is 2.36. The van der Waals surface area contributed by atoms with E-state index in [9.17, 15) is 4.79 Å². The van der Waals surface area contributed by atoms with Crippen LogP contribution in [0.3, 0.4) is 0 Å². The van der Waals surface area contributed by atoms with Gasteiger partial charge in [-0.2, -0.15) is 0 Å². The second-order valence-electron chi connectivity index (χ2n) is 5.41. The molecular weight excluding hydrogens is 288 g/mol. The number of nitrogens with zero attached hydrogens (tertiary/aromatic N) is 1. The summed E-state index contributed by atoms with van der Waals surface area (Å²) in [6, 6.07) is 0. The Bertz CT molecular complexity index is 493. The molecule has 1 fully saturated rings. The first-order valence-corrected chi connectivity index (χ1v) is 8.37. The Morgan fingerprint density at radius 2 is 2.00 bits per heavy atom. The second kappa shape index (κ2) is 7.02. The van der Waals surface area contributed by atoms with Crippen molar-refractivity contribution in [3.8, 4) is 5.75 Å². The lowest BCUT2D eigenvalue weighted by Gasteiger charge is -2.28. The number of carbonyl (C=O) groups is 1. The number of rotatable bonds is 5. The highest BCUT2D eigenvalue weighted by molar-refractivity contribution is 7.19. The molecule has 2 rings (SSSR count). The van der Waals surface area contributed by atoms with E-state index in [0.717, 1.165) is 30.9 Å². The summed E-state index contributed by atoms with van der Waals surface area (Å²) >= 11 is 1.38. The Labute approximate surface area is 130 Å². The van der Waals surface area contributed by atoms with Crippen LogP contribution in [0.25, 0.3) is 0 Å². The normalized spacial score (nSPS) is 15.3. The summed E-state index contributed by atoms with van der Waals surface area (Å²) in [5.74, 6) is 0.275. The third kappa shape index (κ3) is 3.61. The summed E-state index contributed by atoms with van der Waals surface area (Å²) in [7, 11) is 0. The highest BCUT2D eigenvalue weighted by Gasteiger charge is 2.27. The maximum Gasteiger partial charge on any atom is 0.350 e. The first kappa shape index (κ1) is 15.9. The predicted molar refractivity (Wildman–Crippen MR) is 86.5 cm³/mol. The SMILES string of the molecule is CCOC(=O)c1sc(N2CCCCC2)c(OC(C)C)c1N. The van der Waals surface area contributed by atoms with Crippen LogP contribution < -0.4 is 15.4 Å². The molecule has 0 unspecified atom stereocenters. The van der Waals surface area contributed by atoms with Gasteiger partial charge in [-0.05, 0) is 40.0 Å². The number of nitrogens with two attached hydrogens (primary N) is 1. The van der Waals surface area contributed by atoms with Crippen molar-refractivity contribution in [2.24, 2.45) is 0 Å². The van der Waals surface area contributed by atoms with E-state index in [1.807, 2.05) is 13.8 Å². The van der Waals surface area contributed by atoms with Crippen LogP contribution in [0.15, 0.2) is 0 Å². The van der Waals surface area contributed by atoms with Gasteiger partial charge >= 0.3 is 5.97 Å². The first-order chi connectivity index (χ1) is 10.0. The van der Waals surface area contributed by atoms with Crippen molar-refractivity contribution >= 4 is 28.0 Å². The number of ether oxygens (including phenoxy) is 2. The molecule has 1 aromatic heterocycles. The van der Waals surface area contributed by atoms with Crippen molar-refractivity contribution in [2.75, 3.05) is 30.3 Å². The quantitative estimate of drug-likeness (QED) is 0.845. The molecule has 1 aromatic rings. The van der Waals surface area contributed by atoms with Crippen molar-refractivity contribution in [1.82, 2.24) is 0 Å². The van der Waals surface area contributed by atoms with Crippen LogP contribution >= 0.6 is 11.3 Å². The highest BCUT2D eigenvalue weighted by Crippen LogP contribution is 2.46. The van der Waals surface area contributed by atoms with Gasteiger partial charge in [-0.15, -0.1) is 11.3 Å². The van der Waals surface area contributed by atoms with Gasteiger partial charge in [0.25, 0.3) is 0 Å². The van der Waals surface area contributed by atoms with E-state index >= 15 is 0 Å². The number of piperidine rings is 1. The Morgan fingerprint density at radius 3 is 2.57 bits per heavy atom. The fraction of sp³-hybridized carbons (Fsp3) is 0.667. The van der Waals surface area contributed by atoms with Gasteiger partial charge in [-0.1, -0.05) is 0 Å². The molecule has 0 atom stereocenters. The van der Waals surface area contributed by atoms with E-state index in [4.69, 9.17) is 15.2 Å². The number of nitrogen functional groups attached to an aromatic ring is 1. The van der Waals surface area contributed by atoms with E-state index in [2.05, 4.69) is 4.90 Å². The lowest BCUT2D eigenvalue weighted by Crippen LogP contribution is -2.29. The molecule has 0 spiro atoms.